The maximum atomic E-state index is 13.9. The smallest absolute Gasteiger partial charge is 0.432 e. The number of ether oxygens (including phenoxy) is 2. The van der Waals surface area contributed by atoms with Gasteiger partial charge in [-0.2, -0.15) is 30.4 Å². The largest absolute Gasteiger partial charge is 0.464 e. The average Bonchev–Trinajstić information content (AvgIpc) is 3.24. The summed E-state index contributed by atoms with van der Waals surface area (Å²) in [7, 11) is -6.54. The Morgan fingerprint density at radius 1 is 1.05 bits per heavy atom. The fraction of sp³-hybridized carbons (Fsp3) is 0.929. The second kappa shape index (κ2) is 11.7. The van der Waals surface area contributed by atoms with Crippen LogP contribution in [-0.2, 0) is 29.2 Å². The molecule has 0 aliphatic heterocycles. The standard InChI is InChI=1S/C28H41F5O9S/c1-14(4-7-22(37)42-24(27(29,30)31)28(32,33)43(38,39)40)17-5-6-18-23-19(12-21(41-13-34)26(17,18)3)25(2)9-8-16(35)10-15(25)11-20(23)36/h13-21,23-24,35-36H,4-12H2,1-3H3,(H,38,39,40)/t14-,15?,16-,17-,18+,19+,20-,21+,23+,24?,25+,26-/m1/s1. The third-order valence-corrected chi connectivity index (χ3v) is 12.6. The molecule has 2 unspecified atom stereocenters. The number of halogens is 5. The van der Waals surface area contributed by atoms with Gasteiger partial charge in [0.25, 0.3) is 12.6 Å². The lowest BCUT2D eigenvalue weighted by molar-refractivity contribution is -0.259. The molecular formula is C28H41F5O9S. The van der Waals surface area contributed by atoms with Gasteiger partial charge in [0.1, 0.15) is 6.10 Å². The lowest BCUT2D eigenvalue weighted by Crippen LogP contribution is -2.62. The zero-order valence-corrected chi connectivity index (χ0v) is 25.1. The molecule has 0 saturated heterocycles. The summed E-state index contributed by atoms with van der Waals surface area (Å²) in [5.41, 5.74) is -0.822. The zero-order valence-electron chi connectivity index (χ0n) is 24.3. The van der Waals surface area contributed by atoms with Crippen LogP contribution in [-0.4, -0.2) is 71.5 Å². The molecule has 4 rings (SSSR count). The molecule has 4 aliphatic rings. The molecule has 0 aromatic carbocycles. The van der Waals surface area contributed by atoms with Gasteiger partial charge in [-0.3, -0.25) is 14.1 Å². The van der Waals surface area contributed by atoms with Crippen molar-refractivity contribution in [2.75, 3.05) is 0 Å². The number of esters is 1. The fourth-order valence-electron chi connectivity index (χ4n) is 9.57. The number of rotatable bonds is 9. The maximum absolute atomic E-state index is 13.9. The molecule has 4 aliphatic carbocycles. The maximum Gasteiger partial charge on any atom is 0.432 e. The minimum atomic E-state index is -6.54. The highest BCUT2D eigenvalue weighted by Gasteiger charge is 2.68. The van der Waals surface area contributed by atoms with Gasteiger partial charge in [-0.1, -0.05) is 20.8 Å². The summed E-state index contributed by atoms with van der Waals surface area (Å²) in [6, 6.07) is 0. The molecule has 4 saturated carbocycles. The van der Waals surface area contributed by atoms with Crippen molar-refractivity contribution >= 4 is 22.6 Å². The third kappa shape index (κ3) is 5.92. The van der Waals surface area contributed by atoms with E-state index in [0.29, 0.717) is 45.0 Å². The summed E-state index contributed by atoms with van der Waals surface area (Å²) >= 11 is 0. The van der Waals surface area contributed by atoms with Crippen molar-refractivity contribution in [1.82, 2.24) is 0 Å². The van der Waals surface area contributed by atoms with Gasteiger partial charge in [0.15, 0.2) is 0 Å². The second-order valence-electron chi connectivity index (χ2n) is 13.7. The van der Waals surface area contributed by atoms with Crippen LogP contribution < -0.4 is 0 Å². The van der Waals surface area contributed by atoms with Gasteiger partial charge >= 0.3 is 27.5 Å². The first kappa shape index (κ1) is 34.3. The minimum absolute atomic E-state index is 0.0320. The van der Waals surface area contributed by atoms with Crippen LogP contribution in [0.4, 0.5) is 22.0 Å². The van der Waals surface area contributed by atoms with Gasteiger partial charge in [0.05, 0.1) is 12.2 Å². The first-order chi connectivity index (χ1) is 19.7. The summed E-state index contributed by atoms with van der Waals surface area (Å²) in [6.07, 6.45) is -8.45. The summed E-state index contributed by atoms with van der Waals surface area (Å²) in [6.45, 7) is 6.29. The van der Waals surface area contributed by atoms with Gasteiger partial charge in [-0.25, -0.2) is 0 Å². The normalized spacial score (nSPS) is 41.3. The van der Waals surface area contributed by atoms with E-state index in [1.54, 1.807) is 6.92 Å². The third-order valence-electron chi connectivity index (χ3n) is 11.7. The van der Waals surface area contributed by atoms with E-state index in [-0.39, 0.29) is 47.3 Å². The Kier molecular flexibility index (Phi) is 9.29. The molecule has 248 valence electrons. The highest BCUT2D eigenvalue weighted by atomic mass is 32.2. The van der Waals surface area contributed by atoms with Crippen molar-refractivity contribution in [2.24, 2.45) is 46.3 Å². The summed E-state index contributed by atoms with van der Waals surface area (Å²) in [5, 5.41) is 15.9. The number of alkyl halides is 5. The average molecular weight is 649 g/mol. The number of hydrogen-bond acceptors (Lipinski definition) is 8. The van der Waals surface area contributed by atoms with Crippen LogP contribution in [0.5, 0.6) is 0 Å². The second-order valence-corrected chi connectivity index (χ2v) is 15.2. The van der Waals surface area contributed by atoms with Crippen LogP contribution in [0.2, 0.25) is 0 Å². The molecule has 0 amide bonds. The monoisotopic (exact) mass is 648 g/mol. The van der Waals surface area contributed by atoms with E-state index in [2.05, 4.69) is 11.7 Å². The van der Waals surface area contributed by atoms with E-state index in [9.17, 15) is 50.2 Å². The Balaban J connectivity index is 1.52. The van der Waals surface area contributed by atoms with Crippen molar-refractivity contribution in [2.45, 2.75) is 114 Å². The first-order valence-electron chi connectivity index (χ1n) is 14.8. The summed E-state index contributed by atoms with van der Waals surface area (Å²) in [4.78, 5) is 24.0. The van der Waals surface area contributed by atoms with Crippen LogP contribution in [0.1, 0.15) is 78.6 Å². The number of carbonyl (C=O) groups excluding carboxylic acids is 2. The van der Waals surface area contributed by atoms with E-state index in [0.717, 1.165) is 6.42 Å². The quantitative estimate of drug-likeness (QED) is 0.142. The topological polar surface area (TPSA) is 147 Å². The number of aliphatic hydroxyl groups excluding tert-OH is 2. The fourth-order valence-corrected chi connectivity index (χ4v) is 10.0. The van der Waals surface area contributed by atoms with Crippen LogP contribution in [0.25, 0.3) is 0 Å². The molecule has 43 heavy (non-hydrogen) atoms. The molecule has 0 aromatic heterocycles. The first-order valence-corrected chi connectivity index (χ1v) is 16.2. The molecule has 15 heteroatoms. The lowest BCUT2D eigenvalue weighted by Gasteiger charge is -2.63. The molecule has 0 spiro atoms. The Labute approximate surface area is 247 Å². The van der Waals surface area contributed by atoms with Crippen molar-refractivity contribution in [3.8, 4) is 0 Å². The number of fused-ring (bicyclic) bond motifs is 5. The van der Waals surface area contributed by atoms with Crippen molar-refractivity contribution < 1.29 is 64.2 Å². The van der Waals surface area contributed by atoms with E-state index in [1.165, 1.54) is 0 Å². The Bertz CT molecular complexity index is 1170. The number of aliphatic hydroxyl groups is 2. The molecule has 12 atom stereocenters. The highest BCUT2D eigenvalue weighted by molar-refractivity contribution is 7.86. The number of carbonyl (C=O) groups is 2. The van der Waals surface area contributed by atoms with Crippen LogP contribution in [0.3, 0.4) is 0 Å². The van der Waals surface area contributed by atoms with Crippen molar-refractivity contribution in [3.63, 3.8) is 0 Å². The Morgan fingerprint density at radius 3 is 2.28 bits per heavy atom. The molecule has 0 bridgehead atoms. The Hall–Kier alpha value is -1.58. The molecular weight excluding hydrogens is 607 g/mol. The van der Waals surface area contributed by atoms with Crippen LogP contribution in [0, 0.1) is 46.3 Å². The van der Waals surface area contributed by atoms with E-state index < -0.39 is 63.8 Å². The predicted octanol–water partition coefficient (Wildman–Crippen LogP) is 4.50. The van der Waals surface area contributed by atoms with E-state index in [4.69, 9.17) is 9.29 Å². The SMILES string of the molecule is C[C@H](CCC(=O)OC(C(F)(F)F)C(F)(F)S(=O)(=O)O)[C@H]1CC[C@H]2[C@@H]3[C@H](O)CC4C[C@H](O)CC[C@]4(C)[C@H]3C[C@H](OC=O)[C@]12C. The molecule has 4 fully saturated rings. The highest BCUT2D eigenvalue weighted by Crippen LogP contribution is 2.69. The summed E-state index contributed by atoms with van der Waals surface area (Å²) < 4.78 is 107. The van der Waals surface area contributed by atoms with Gasteiger partial charge in [-0.05, 0) is 92.3 Å². The van der Waals surface area contributed by atoms with Crippen LogP contribution >= 0.6 is 0 Å². The molecule has 0 radical (unpaired) electrons. The zero-order chi connectivity index (χ0) is 32.3. The predicted molar refractivity (Wildman–Crippen MR) is 140 cm³/mol. The van der Waals surface area contributed by atoms with Gasteiger partial charge in [0, 0.05) is 11.8 Å². The molecule has 3 N–H and O–H groups in total. The number of hydrogen-bond donors (Lipinski definition) is 3. The van der Waals surface area contributed by atoms with Crippen molar-refractivity contribution in [1.29, 1.82) is 0 Å². The molecule has 0 heterocycles. The minimum Gasteiger partial charge on any atom is -0.464 e. The lowest BCUT2D eigenvalue weighted by atomic mass is 9.43. The molecule has 9 nitrogen and oxygen atoms in total. The molecule has 0 aromatic rings. The summed E-state index contributed by atoms with van der Waals surface area (Å²) in [5.74, 6) is -2.32. The van der Waals surface area contributed by atoms with E-state index >= 15 is 0 Å². The Morgan fingerprint density at radius 2 is 1.70 bits per heavy atom. The van der Waals surface area contributed by atoms with Gasteiger partial charge in [0.2, 0.25) is 0 Å². The van der Waals surface area contributed by atoms with Gasteiger partial charge < -0.3 is 19.7 Å². The van der Waals surface area contributed by atoms with E-state index in [1.807, 2.05) is 6.92 Å². The van der Waals surface area contributed by atoms with Gasteiger partial charge in [-0.15, -0.1) is 0 Å². The van der Waals surface area contributed by atoms with Crippen molar-refractivity contribution in [3.05, 3.63) is 0 Å². The van der Waals surface area contributed by atoms with Crippen LogP contribution in [0.15, 0.2) is 0 Å².